The van der Waals surface area contributed by atoms with Gasteiger partial charge in [-0.25, -0.2) is 9.13 Å². The van der Waals surface area contributed by atoms with Crippen LogP contribution in [0.1, 0.15) is 245 Å². The van der Waals surface area contributed by atoms with Crippen LogP contribution in [0.3, 0.4) is 0 Å². The fraction of sp³-hybridized carbons (Fsp3) is 0.855. The Morgan fingerprint density at radius 3 is 0.917 bits per heavy atom. The zero-order valence-corrected chi connectivity index (χ0v) is 46.9. The molecule has 0 fully saturated rings. The summed E-state index contributed by atoms with van der Waals surface area (Å²) in [6, 6.07) is 0. The predicted octanol–water partition coefficient (Wildman–Crippen LogP) is 14.2. The van der Waals surface area contributed by atoms with Crippen LogP contribution in [0.5, 0.6) is 0 Å². The molecule has 0 bridgehead atoms. The lowest BCUT2D eigenvalue weighted by atomic mass is 10.0. The van der Waals surface area contributed by atoms with Gasteiger partial charge in [-0.2, -0.15) is 0 Å². The summed E-state index contributed by atoms with van der Waals surface area (Å²) >= 11 is 0. The summed E-state index contributed by atoms with van der Waals surface area (Å²) in [6.45, 7) is 0.442. The first kappa shape index (κ1) is 70.3. The molecule has 0 aromatic heterocycles. The second-order valence-electron chi connectivity index (χ2n) is 19.3. The van der Waals surface area contributed by atoms with Gasteiger partial charge in [-0.05, 0) is 51.4 Å². The highest BCUT2D eigenvalue weighted by Crippen LogP contribution is 2.45. The molecule has 5 N–H and O–H groups in total. The van der Waals surface area contributed by atoms with Crippen molar-refractivity contribution >= 4 is 27.6 Å². The van der Waals surface area contributed by atoms with E-state index in [-0.39, 0.29) is 12.8 Å². The molecule has 17 heteroatoms. The van der Waals surface area contributed by atoms with Crippen molar-refractivity contribution < 1.29 is 71.4 Å². The van der Waals surface area contributed by atoms with E-state index in [2.05, 4.69) is 59.4 Å². The molecular formula is C55H104O15P2. The van der Waals surface area contributed by atoms with Gasteiger partial charge in [0.25, 0.3) is 0 Å². The van der Waals surface area contributed by atoms with Crippen molar-refractivity contribution in [2.75, 3.05) is 39.6 Å². The van der Waals surface area contributed by atoms with Gasteiger partial charge in [-0.3, -0.25) is 27.7 Å². The number of carbonyl (C=O) groups is 2. The molecular weight excluding hydrogens is 963 g/mol. The quantitative estimate of drug-likeness (QED) is 0.0165. The summed E-state index contributed by atoms with van der Waals surface area (Å²) in [7, 11) is -9.58. The number of ether oxygens (including phenoxy) is 2. The molecule has 5 atom stereocenters. The number of rotatable bonds is 55. The molecule has 424 valence electrons. The maximum atomic E-state index is 12.2. The average molecular weight is 1070 g/mol. The van der Waals surface area contributed by atoms with Gasteiger partial charge >= 0.3 is 27.6 Å². The van der Waals surface area contributed by atoms with Crippen LogP contribution in [0.4, 0.5) is 0 Å². The van der Waals surface area contributed by atoms with Gasteiger partial charge in [0.1, 0.15) is 31.5 Å². The van der Waals surface area contributed by atoms with Gasteiger partial charge in [0.15, 0.2) is 0 Å². The molecule has 0 saturated heterocycles. The van der Waals surface area contributed by atoms with E-state index in [4.69, 9.17) is 18.5 Å². The number of hydrogen-bond donors (Lipinski definition) is 5. The largest absolute Gasteiger partial charge is 0.472 e. The standard InChI is InChI=1S/C55H104O15P2/c1-3-5-7-9-11-13-15-17-19-21-23-24-26-28-30-32-34-36-38-40-42-44-55(60)66-46-52(57)48-68-72(63,64)70-50-53(58)49-69-71(61,62)67-47-51(56)45-65-54(59)43-41-39-37-35-33-31-29-27-25-22-20-18-16-14-12-10-8-6-4-2/h11,13,17,19,23-24,51-53,56-58H,3-10,12,14-16,18,20-22,25-50H2,1-2H3,(H,61,62)(H,63,64)/b13-11-,19-17-,24-23-. The molecule has 0 aliphatic heterocycles. The van der Waals surface area contributed by atoms with Gasteiger partial charge in [0, 0.05) is 12.8 Å². The summed E-state index contributed by atoms with van der Waals surface area (Å²) in [4.78, 5) is 43.9. The lowest BCUT2D eigenvalue weighted by Gasteiger charge is -2.19. The molecule has 0 saturated carbocycles. The molecule has 0 aliphatic carbocycles. The third-order valence-electron chi connectivity index (χ3n) is 12.1. The molecule has 15 nitrogen and oxygen atoms in total. The zero-order chi connectivity index (χ0) is 53.1. The molecule has 0 heterocycles. The number of carbonyl (C=O) groups excluding carboxylic acids is 2. The van der Waals surface area contributed by atoms with Crippen molar-refractivity contribution in [2.24, 2.45) is 0 Å². The SMILES string of the molecule is CCCCC/C=C\C/C=C\C/C=C\CCCCCCCCCCC(=O)OCC(O)COP(=O)(O)OCC(O)COP(=O)(O)OCC(O)COC(=O)CCCCCCCCCCCCCCCCCCCCC. The highest BCUT2D eigenvalue weighted by molar-refractivity contribution is 7.47. The van der Waals surface area contributed by atoms with Crippen LogP contribution in [-0.4, -0.2) is 95.0 Å². The number of phosphoric ester groups is 2. The molecule has 0 rings (SSSR count). The molecule has 0 aromatic carbocycles. The molecule has 0 radical (unpaired) electrons. The van der Waals surface area contributed by atoms with Crippen LogP contribution in [0.2, 0.25) is 0 Å². The minimum atomic E-state index is -4.79. The van der Waals surface area contributed by atoms with Gasteiger partial charge in [-0.15, -0.1) is 0 Å². The van der Waals surface area contributed by atoms with Gasteiger partial charge in [0.2, 0.25) is 0 Å². The van der Waals surface area contributed by atoms with Crippen LogP contribution < -0.4 is 0 Å². The monoisotopic (exact) mass is 1070 g/mol. The van der Waals surface area contributed by atoms with E-state index in [1.54, 1.807) is 0 Å². The van der Waals surface area contributed by atoms with Crippen LogP contribution in [0, 0.1) is 0 Å². The van der Waals surface area contributed by atoms with Crippen molar-refractivity contribution in [3.05, 3.63) is 36.5 Å². The highest BCUT2D eigenvalue weighted by Gasteiger charge is 2.28. The van der Waals surface area contributed by atoms with Gasteiger partial charge < -0.3 is 34.6 Å². The third kappa shape index (κ3) is 53.1. The minimum absolute atomic E-state index is 0.188. The Bertz CT molecular complexity index is 1430. The van der Waals surface area contributed by atoms with Crippen molar-refractivity contribution in [3.63, 3.8) is 0 Å². The van der Waals surface area contributed by atoms with E-state index in [1.807, 2.05) is 0 Å². The first-order valence-corrected chi connectivity index (χ1v) is 31.3. The summed E-state index contributed by atoms with van der Waals surface area (Å²) in [5.74, 6) is -0.993. The Kier molecular flexibility index (Phi) is 50.1. The van der Waals surface area contributed by atoms with Gasteiger partial charge in [-0.1, -0.05) is 217 Å². The Morgan fingerprint density at radius 2 is 0.597 bits per heavy atom. The fourth-order valence-electron chi connectivity index (χ4n) is 7.69. The van der Waals surface area contributed by atoms with Crippen LogP contribution in [0.25, 0.3) is 0 Å². The number of allylic oxidation sites excluding steroid dienone is 6. The second-order valence-corrected chi connectivity index (χ2v) is 22.2. The molecule has 0 amide bonds. The topological polar surface area (TPSA) is 225 Å². The van der Waals surface area contributed by atoms with Crippen molar-refractivity contribution in [2.45, 2.75) is 263 Å². The van der Waals surface area contributed by atoms with E-state index < -0.39 is 85.5 Å². The third-order valence-corrected chi connectivity index (χ3v) is 14.0. The lowest BCUT2D eigenvalue weighted by Crippen LogP contribution is -2.25. The van der Waals surface area contributed by atoms with Gasteiger partial charge in [0.05, 0.1) is 26.4 Å². The summed E-state index contributed by atoms with van der Waals surface area (Å²) < 4.78 is 53.2. The number of esters is 2. The van der Waals surface area contributed by atoms with Crippen LogP contribution >= 0.6 is 15.6 Å². The predicted molar refractivity (Wildman–Crippen MR) is 288 cm³/mol. The van der Waals surface area contributed by atoms with E-state index in [9.17, 15) is 43.8 Å². The number of unbranched alkanes of at least 4 members (excludes halogenated alkanes) is 29. The first-order chi connectivity index (χ1) is 34.8. The maximum Gasteiger partial charge on any atom is 0.472 e. The van der Waals surface area contributed by atoms with E-state index >= 15 is 0 Å². The van der Waals surface area contributed by atoms with Crippen molar-refractivity contribution in [1.82, 2.24) is 0 Å². The van der Waals surface area contributed by atoms with Crippen LogP contribution in [0.15, 0.2) is 36.5 Å². The summed E-state index contributed by atoms with van der Waals surface area (Å²) in [5, 5.41) is 30.1. The Labute approximate surface area is 436 Å². The second kappa shape index (κ2) is 51.4. The Morgan fingerprint density at radius 1 is 0.361 bits per heavy atom. The maximum absolute atomic E-state index is 12.2. The zero-order valence-electron chi connectivity index (χ0n) is 45.1. The fourth-order valence-corrected chi connectivity index (χ4v) is 9.28. The number of aliphatic hydroxyl groups is 3. The van der Waals surface area contributed by atoms with Crippen LogP contribution in [-0.2, 0) is 46.3 Å². The van der Waals surface area contributed by atoms with E-state index in [0.29, 0.717) is 12.8 Å². The summed E-state index contributed by atoms with van der Waals surface area (Å²) in [6.07, 6.45) is 49.8. The molecule has 0 aliphatic rings. The summed E-state index contributed by atoms with van der Waals surface area (Å²) in [5.41, 5.74) is 0. The average Bonchev–Trinajstić information content (AvgIpc) is 3.36. The normalized spacial score (nSPS) is 15.0. The molecule has 72 heavy (non-hydrogen) atoms. The van der Waals surface area contributed by atoms with E-state index in [1.165, 1.54) is 141 Å². The number of phosphoric acid groups is 2. The Hall–Kier alpha value is -1.74. The Balaban J connectivity index is 3.81. The number of aliphatic hydroxyl groups excluding tert-OH is 3. The minimum Gasteiger partial charge on any atom is -0.463 e. The molecule has 5 unspecified atom stereocenters. The first-order valence-electron chi connectivity index (χ1n) is 28.3. The molecule has 0 spiro atoms. The lowest BCUT2D eigenvalue weighted by molar-refractivity contribution is -0.148. The van der Waals surface area contributed by atoms with Crippen molar-refractivity contribution in [3.8, 4) is 0 Å². The van der Waals surface area contributed by atoms with Crippen molar-refractivity contribution in [1.29, 1.82) is 0 Å². The molecule has 0 aromatic rings. The highest BCUT2D eigenvalue weighted by atomic mass is 31.2. The smallest absolute Gasteiger partial charge is 0.463 e. The number of hydrogen-bond acceptors (Lipinski definition) is 13. The van der Waals surface area contributed by atoms with E-state index in [0.717, 1.165) is 64.2 Å².